The monoisotopic (exact) mass is 599 g/mol. The number of carbonyl (C=O) groups excluding carboxylic acids is 2. The molecule has 2 aromatic carbocycles. The Labute approximate surface area is 255 Å². The Kier molecular flexibility index (Phi) is 8.29. The van der Waals surface area contributed by atoms with Crippen molar-refractivity contribution in [3.8, 4) is 11.4 Å². The number of hydrogen-bond donors (Lipinski definition) is 3. The fourth-order valence-corrected chi connectivity index (χ4v) is 5.28. The average Bonchev–Trinajstić information content (AvgIpc) is 3.50. The average molecular weight is 600 g/mol. The van der Waals surface area contributed by atoms with Gasteiger partial charge in [0.2, 0.25) is 11.9 Å². The van der Waals surface area contributed by atoms with Crippen molar-refractivity contribution in [2.75, 3.05) is 49.6 Å². The van der Waals surface area contributed by atoms with Crippen LogP contribution in [0.4, 0.5) is 22.4 Å². The van der Waals surface area contributed by atoms with Gasteiger partial charge in [-0.15, -0.1) is 0 Å². The fourth-order valence-electron chi connectivity index (χ4n) is 5.28. The SMILES string of the molecule is CC(C)(C)OC(=O)N1CCC(NC(=O)c2cccc(Nc3nc(-c4cccc5[nH]ncc45)nc(N4CCOCC4)n3)c2)CC1. The van der Waals surface area contributed by atoms with E-state index < -0.39 is 5.60 Å². The van der Waals surface area contributed by atoms with Crippen LogP contribution in [0.1, 0.15) is 44.0 Å². The van der Waals surface area contributed by atoms with Gasteiger partial charge >= 0.3 is 6.09 Å². The van der Waals surface area contributed by atoms with Crippen LogP contribution >= 0.6 is 0 Å². The van der Waals surface area contributed by atoms with Gasteiger partial charge in [0, 0.05) is 54.4 Å². The Morgan fingerprint density at radius 3 is 2.55 bits per heavy atom. The molecule has 0 atom stereocenters. The lowest BCUT2D eigenvalue weighted by atomic mass is 10.0. The number of amides is 2. The van der Waals surface area contributed by atoms with E-state index in [2.05, 4.69) is 25.7 Å². The number of likely N-dealkylation sites (tertiary alicyclic amines) is 1. The number of anilines is 3. The molecule has 13 nitrogen and oxygen atoms in total. The second-order valence-electron chi connectivity index (χ2n) is 11.9. The van der Waals surface area contributed by atoms with Crippen molar-refractivity contribution in [3.63, 3.8) is 0 Å². The van der Waals surface area contributed by atoms with Crippen LogP contribution < -0.4 is 15.5 Å². The zero-order valence-electron chi connectivity index (χ0n) is 25.2. The third kappa shape index (κ3) is 6.88. The second-order valence-corrected chi connectivity index (χ2v) is 11.9. The highest BCUT2D eigenvalue weighted by molar-refractivity contribution is 5.95. The van der Waals surface area contributed by atoms with Crippen molar-refractivity contribution in [3.05, 3.63) is 54.2 Å². The highest BCUT2D eigenvalue weighted by Gasteiger charge is 2.28. The van der Waals surface area contributed by atoms with Crippen LogP contribution in [0.3, 0.4) is 0 Å². The number of piperidine rings is 1. The Morgan fingerprint density at radius 2 is 1.77 bits per heavy atom. The number of fused-ring (bicyclic) bond motifs is 1. The zero-order chi connectivity index (χ0) is 30.7. The third-order valence-electron chi connectivity index (χ3n) is 7.51. The van der Waals surface area contributed by atoms with Crippen molar-refractivity contribution in [1.82, 2.24) is 35.4 Å². The molecule has 0 bridgehead atoms. The predicted molar refractivity (Wildman–Crippen MR) is 166 cm³/mol. The van der Waals surface area contributed by atoms with E-state index in [0.29, 0.717) is 81.2 Å². The van der Waals surface area contributed by atoms with Gasteiger partial charge in [0.15, 0.2) is 5.82 Å². The maximum atomic E-state index is 13.2. The van der Waals surface area contributed by atoms with E-state index in [1.165, 1.54) is 0 Å². The van der Waals surface area contributed by atoms with Crippen LogP contribution in [0.2, 0.25) is 0 Å². The van der Waals surface area contributed by atoms with Gasteiger partial charge in [-0.25, -0.2) is 4.79 Å². The number of aromatic nitrogens is 5. The highest BCUT2D eigenvalue weighted by Crippen LogP contribution is 2.28. The van der Waals surface area contributed by atoms with Crippen LogP contribution in [0.15, 0.2) is 48.7 Å². The van der Waals surface area contributed by atoms with Gasteiger partial charge in [0.25, 0.3) is 5.91 Å². The molecular formula is C31H37N9O4. The molecule has 2 aliphatic rings. The molecule has 230 valence electrons. The van der Waals surface area contributed by atoms with Crippen molar-refractivity contribution in [2.24, 2.45) is 0 Å². The number of rotatable bonds is 6. The number of carbonyl (C=O) groups is 2. The lowest BCUT2D eigenvalue weighted by Crippen LogP contribution is -2.47. The molecule has 0 spiro atoms. The quantitative estimate of drug-likeness (QED) is 0.295. The molecule has 2 amide bonds. The minimum absolute atomic E-state index is 0.0365. The largest absolute Gasteiger partial charge is 0.444 e. The molecule has 2 aromatic heterocycles. The smallest absolute Gasteiger partial charge is 0.410 e. The molecule has 0 unspecified atom stereocenters. The molecule has 2 saturated heterocycles. The lowest BCUT2D eigenvalue weighted by Gasteiger charge is -2.33. The van der Waals surface area contributed by atoms with Crippen molar-refractivity contribution in [1.29, 1.82) is 0 Å². The van der Waals surface area contributed by atoms with Gasteiger partial charge < -0.3 is 29.9 Å². The van der Waals surface area contributed by atoms with E-state index >= 15 is 0 Å². The van der Waals surface area contributed by atoms with Gasteiger partial charge in [-0.3, -0.25) is 9.89 Å². The van der Waals surface area contributed by atoms with Gasteiger partial charge in [0.1, 0.15) is 5.60 Å². The van der Waals surface area contributed by atoms with Gasteiger partial charge in [-0.2, -0.15) is 20.1 Å². The van der Waals surface area contributed by atoms with E-state index in [0.717, 1.165) is 16.5 Å². The van der Waals surface area contributed by atoms with Crippen LogP contribution in [0.5, 0.6) is 0 Å². The topological polar surface area (TPSA) is 150 Å². The summed E-state index contributed by atoms with van der Waals surface area (Å²) in [5.74, 6) is 1.25. The van der Waals surface area contributed by atoms with Crippen molar-refractivity contribution >= 4 is 40.5 Å². The van der Waals surface area contributed by atoms with Gasteiger partial charge in [0.05, 0.1) is 24.9 Å². The number of H-pyrrole nitrogens is 1. The standard InChI is InChI=1S/C31H37N9O4/c1-31(2,3)44-30(42)40-12-10-21(11-13-40)33-27(41)20-6-4-7-22(18-20)34-28-35-26(23-8-5-9-25-24(23)19-32-38-25)36-29(37-28)39-14-16-43-17-15-39/h4-9,18-19,21H,10-17H2,1-3H3,(H,32,38)(H,33,41)(H,34,35,36,37). The molecule has 2 aliphatic heterocycles. The summed E-state index contributed by atoms with van der Waals surface area (Å²) in [6, 6.07) is 13.0. The van der Waals surface area contributed by atoms with E-state index in [1.807, 2.05) is 51.1 Å². The number of ether oxygens (including phenoxy) is 2. The van der Waals surface area contributed by atoms with Crippen molar-refractivity contribution < 1.29 is 19.1 Å². The van der Waals surface area contributed by atoms with Gasteiger partial charge in [-0.1, -0.05) is 18.2 Å². The second kappa shape index (κ2) is 12.4. The van der Waals surface area contributed by atoms with Crippen LogP contribution in [0, 0.1) is 0 Å². The number of nitrogens with one attached hydrogen (secondary N) is 3. The molecule has 44 heavy (non-hydrogen) atoms. The summed E-state index contributed by atoms with van der Waals surface area (Å²) in [4.78, 5) is 43.7. The third-order valence-corrected chi connectivity index (χ3v) is 7.51. The molecule has 4 heterocycles. The zero-order valence-corrected chi connectivity index (χ0v) is 25.2. The first kappa shape index (κ1) is 29.3. The number of nitrogens with zero attached hydrogens (tertiary/aromatic N) is 6. The molecule has 0 saturated carbocycles. The number of morpholine rings is 1. The number of hydrogen-bond acceptors (Lipinski definition) is 10. The first-order valence-electron chi connectivity index (χ1n) is 14.9. The minimum atomic E-state index is -0.540. The first-order valence-corrected chi connectivity index (χ1v) is 14.9. The van der Waals surface area contributed by atoms with E-state index in [-0.39, 0.29) is 18.0 Å². The predicted octanol–water partition coefficient (Wildman–Crippen LogP) is 4.12. The summed E-state index contributed by atoms with van der Waals surface area (Å²) < 4.78 is 11.0. The summed E-state index contributed by atoms with van der Waals surface area (Å²) >= 11 is 0. The van der Waals surface area contributed by atoms with E-state index in [9.17, 15) is 9.59 Å². The summed E-state index contributed by atoms with van der Waals surface area (Å²) in [5.41, 5.74) is 2.36. The molecular weight excluding hydrogens is 562 g/mol. The summed E-state index contributed by atoms with van der Waals surface area (Å²) in [5, 5.41) is 14.5. The normalized spacial score (nSPS) is 16.2. The maximum absolute atomic E-state index is 13.2. The van der Waals surface area contributed by atoms with E-state index in [4.69, 9.17) is 24.4 Å². The molecule has 4 aromatic rings. The van der Waals surface area contributed by atoms with Crippen LogP contribution in [-0.2, 0) is 9.47 Å². The molecule has 6 rings (SSSR count). The number of aromatic amines is 1. The Hall–Kier alpha value is -4.78. The van der Waals surface area contributed by atoms with Crippen LogP contribution in [-0.4, -0.2) is 93.1 Å². The van der Waals surface area contributed by atoms with E-state index in [1.54, 1.807) is 23.2 Å². The Morgan fingerprint density at radius 1 is 1.00 bits per heavy atom. The maximum Gasteiger partial charge on any atom is 0.410 e. The highest BCUT2D eigenvalue weighted by atomic mass is 16.6. The summed E-state index contributed by atoms with van der Waals surface area (Å²) in [6.45, 7) is 9.15. The molecule has 0 aliphatic carbocycles. The fraction of sp³-hybridized carbons (Fsp3) is 0.419. The molecule has 2 fully saturated rings. The van der Waals surface area contributed by atoms with Crippen LogP contribution in [0.25, 0.3) is 22.3 Å². The molecule has 13 heteroatoms. The van der Waals surface area contributed by atoms with Gasteiger partial charge in [-0.05, 0) is 57.9 Å². The summed E-state index contributed by atoms with van der Waals surface area (Å²) in [6.07, 6.45) is 2.76. The minimum Gasteiger partial charge on any atom is -0.444 e. The summed E-state index contributed by atoms with van der Waals surface area (Å²) in [7, 11) is 0. The lowest BCUT2D eigenvalue weighted by molar-refractivity contribution is 0.0199. The Balaban J connectivity index is 1.17. The van der Waals surface area contributed by atoms with Crippen molar-refractivity contribution in [2.45, 2.75) is 45.3 Å². The Bertz CT molecular complexity index is 1640. The number of benzene rings is 2. The first-order chi connectivity index (χ1) is 21.2. The molecule has 3 N–H and O–H groups in total. The molecule has 0 radical (unpaired) electrons.